The first-order valence-corrected chi connectivity index (χ1v) is 5.86. The van der Waals surface area contributed by atoms with Crippen LogP contribution in [0.2, 0.25) is 0 Å². The van der Waals surface area contributed by atoms with Gasteiger partial charge in [0.1, 0.15) is 11.6 Å². The third-order valence-corrected chi connectivity index (χ3v) is 2.62. The van der Waals surface area contributed by atoms with Gasteiger partial charge in [0.25, 0.3) is 0 Å². The highest BCUT2D eigenvalue weighted by Gasteiger charge is 2.09. The number of rotatable bonds is 3. The van der Waals surface area contributed by atoms with Crippen molar-refractivity contribution < 1.29 is 13.9 Å². The maximum Gasteiger partial charge on any atom is 0.320 e. The lowest BCUT2D eigenvalue weighted by Crippen LogP contribution is -1.89. The zero-order valence-electron chi connectivity index (χ0n) is 10.2. The summed E-state index contributed by atoms with van der Waals surface area (Å²) in [4.78, 5) is 0. The Labute approximate surface area is 113 Å². The summed E-state index contributed by atoms with van der Waals surface area (Å²) in [5.74, 6) is 0.0288. The molecule has 0 fully saturated rings. The lowest BCUT2D eigenvalue weighted by molar-refractivity contribution is 0.475. The summed E-state index contributed by atoms with van der Waals surface area (Å²) in [6.45, 7) is 0. The van der Waals surface area contributed by atoms with Crippen molar-refractivity contribution >= 4 is 11.7 Å². The Morgan fingerprint density at radius 2 is 1.85 bits per heavy atom. The van der Waals surface area contributed by atoms with Gasteiger partial charge >= 0.3 is 6.01 Å². The number of nitrogens with zero attached hydrogens (tertiary/aromatic N) is 2. The molecule has 0 radical (unpaired) electrons. The Balaban J connectivity index is 1.82. The van der Waals surface area contributed by atoms with Gasteiger partial charge in [-0.05, 0) is 42.5 Å². The molecule has 0 aliphatic carbocycles. The van der Waals surface area contributed by atoms with Gasteiger partial charge in [-0.1, -0.05) is 11.2 Å². The van der Waals surface area contributed by atoms with Crippen LogP contribution in [0.4, 0.5) is 16.1 Å². The summed E-state index contributed by atoms with van der Waals surface area (Å²) in [5.41, 5.74) is 1.20. The van der Waals surface area contributed by atoms with E-state index in [1.54, 1.807) is 24.3 Å². The maximum atomic E-state index is 13.1. The second-order valence-corrected chi connectivity index (χ2v) is 4.09. The normalized spacial score (nSPS) is 10.4. The SMILES string of the molecule is Oc1ccc(Nc2nnc(-c3cccc(F)c3)o2)cc1. The number of halogens is 1. The van der Waals surface area contributed by atoms with Crippen molar-refractivity contribution in [1.29, 1.82) is 0 Å². The second kappa shape index (κ2) is 5.00. The lowest BCUT2D eigenvalue weighted by atomic mass is 10.2. The Kier molecular flexibility index (Phi) is 3.04. The number of nitrogens with one attached hydrogen (secondary N) is 1. The molecule has 3 rings (SSSR count). The molecule has 5 nitrogen and oxygen atoms in total. The Hall–Kier alpha value is -2.89. The average molecular weight is 271 g/mol. The fourth-order valence-electron chi connectivity index (χ4n) is 1.68. The first-order valence-electron chi connectivity index (χ1n) is 5.86. The predicted molar refractivity (Wildman–Crippen MR) is 71.1 cm³/mol. The van der Waals surface area contributed by atoms with Gasteiger partial charge < -0.3 is 14.8 Å². The van der Waals surface area contributed by atoms with Gasteiger partial charge in [-0.2, -0.15) is 0 Å². The summed E-state index contributed by atoms with van der Waals surface area (Å²) in [7, 11) is 0. The average Bonchev–Trinajstić information content (AvgIpc) is 2.90. The van der Waals surface area contributed by atoms with E-state index in [2.05, 4.69) is 15.5 Å². The molecule has 0 aliphatic rings. The molecule has 0 saturated heterocycles. The van der Waals surface area contributed by atoms with Crippen molar-refractivity contribution in [3.05, 3.63) is 54.3 Å². The molecular weight excluding hydrogens is 261 g/mol. The summed E-state index contributed by atoms with van der Waals surface area (Å²) >= 11 is 0. The van der Waals surface area contributed by atoms with Crippen molar-refractivity contribution in [2.45, 2.75) is 0 Å². The van der Waals surface area contributed by atoms with E-state index in [9.17, 15) is 9.50 Å². The van der Waals surface area contributed by atoms with E-state index in [1.165, 1.54) is 24.3 Å². The van der Waals surface area contributed by atoms with Gasteiger partial charge in [-0.25, -0.2) is 4.39 Å². The summed E-state index contributed by atoms with van der Waals surface area (Å²) in [6, 6.07) is 12.5. The fourth-order valence-corrected chi connectivity index (χ4v) is 1.68. The summed E-state index contributed by atoms with van der Waals surface area (Å²) in [5, 5.41) is 19.8. The van der Waals surface area contributed by atoms with Crippen LogP contribution in [0, 0.1) is 5.82 Å². The van der Waals surface area contributed by atoms with E-state index in [1.807, 2.05) is 0 Å². The number of phenols is 1. The molecule has 0 spiro atoms. The zero-order valence-corrected chi connectivity index (χ0v) is 10.2. The number of phenolic OH excluding ortho intramolecular Hbond substituents is 1. The van der Waals surface area contributed by atoms with Crippen LogP contribution in [0.1, 0.15) is 0 Å². The van der Waals surface area contributed by atoms with Crippen molar-refractivity contribution in [3.63, 3.8) is 0 Å². The van der Waals surface area contributed by atoms with Crippen LogP contribution < -0.4 is 5.32 Å². The number of benzene rings is 2. The third kappa shape index (κ3) is 2.59. The van der Waals surface area contributed by atoms with Crippen LogP contribution >= 0.6 is 0 Å². The number of hydrogen-bond donors (Lipinski definition) is 2. The van der Waals surface area contributed by atoms with Gasteiger partial charge in [0.2, 0.25) is 5.89 Å². The van der Waals surface area contributed by atoms with E-state index in [-0.39, 0.29) is 23.5 Å². The van der Waals surface area contributed by atoms with Gasteiger partial charge in [0.05, 0.1) is 0 Å². The molecule has 20 heavy (non-hydrogen) atoms. The number of aromatic hydroxyl groups is 1. The Morgan fingerprint density at radius 3 is 2.60 bits per heavy atom. The van der Waals surface area contributed by atoms with E-state index in [0.29, 0.717) is 11.3 Å². The van der Waals surface area contributed by atoms with E-state index < -0.39 is 0 Å². The first kappa shape index (κ1) is 12.2. The molecule has 0 amide bonds. The minimum absolute atomic E-state index is 0.168. The smallest absolute Gasteiger partial charge is 0.320 e. The van der Waals surface area contributed by atoms with Gasteiger partial charge in [0, 0.05) is 11.3 Å². The fraction of sp³-hybridized carbons (Fsp3) is 0. The maximum absolute atomic E-state index is 13.1. The molecule has 0 saturated carbocycles. The molecule has 0 bridgehead atoms. The van der Waals surface area contributed by atoms with Crippen LogP contribution in [-0.4, -0.2) is 15.3 Å². The molecule has 2 aromatic carbocycles. The lowest BCUT2D eigenvalue weighted by Gasteiger charge is -2.00. The van der Waals surface area contributed by atoms with Crippen LogP contribution in [0.25, 0.3) is 11.5 Å². The van der Waals surface area contributed by atoms with Gasteiger partial charge in [-0.15, -0.1) is 5.10 Å². The summed E-state index contributed by atoms with van der Waals surface area (Å²) in [6.07, 6.45) is 0. The molecule has 2 N–H and O–H groups in total. The standard InChI is InChI=1S/C14H10FN3O2/c15-10-3-1-2-9(8-10)13-17-18-14(20-13)16-11-4-6-12(19)7-5-11/h1-8,19H,(H,16,18). The Morgan fingerprint density at radius 1 is 1.05 bits per heavy atom. The van der Waals surface area contributed by atoms with Crippen LogP contribution in [0.5, 0.6) is 5.75 Å². The molecule has 0 unspecified atom stereocenters. The van der Waals surface area contributed by atoms with Crippen molar-refractivity contribution in [1.82, 2.24) is 10.2 Å². The van der Waals surface area contributed by atoms with Gasteiger partial charge in [0.15, 0.2) is 0 Å². The summed E-state index contributed by atoms with van der Waals surface area (Å²) < 4.78 is 18.5. The van der Waals surface area contributed by atoms with Crippen molar-refractivity contribution in [2.24, 2.45) is 0 Å². The second-order valence-electron chi connectivity index (χ2n) is 4.09. The molecule has 0 aliphatic heterocycles. The van der Waals surface area contributed by atoms with Crippen LogP contribution in [0.15, 0.2) is 52.9 Å². The largest absolute Gasteiger partial charge is 0.508 e. The molecule has 1 heterocycles. The molecule has 0 atom stereocenters. The minimum atomic E-state index is -0.367. The van der Waals surface area contributed by atoms with Crippen molar-refractivity contribution in [3.8, 4) is 17.2 Å². The van der Waals surface area contributed by atoms with Crippen LogP contribution in [0.3, 0.4) is 0 Å². The molecule has 1 aromatic heterocycles. The highest BCUT2D eigenvalue weighted by Crippen LogP contribution is 2.23. The number of anilines is 2. The highest BCUT2D eigenvalue weighted by molar-refractivity contribution is 5.56. The minimum Gasteiger partial charge on any atom is -0.508 e. The molecule has 100 valence electrons. The van der Waals surface area contributed by atoms with Crippen LogP contribution in [-0.2, 0) is 0 Å². The number of hydrogen-bond acceptors (Lipinski definition) is 5. The molecule has 3 aromatic rings. The van der Waals surface area contributed by atoms with E-state index in [0.717, 1.165) is 0 Å². The quantitative estimate of drug-likeness (QED) is 0.715. The van der Waals surface area contributed by atoms with E-state index >= 15 is 0 Å². The topological polar surface area (TPSA) is 71.2 Å². The zero-order chi connectivity index (χ0) is 13.9. The van der Waals surface area contributed by atoms with E-state index in [4.69, 9.17) is 4.42 Å². The predicted octanol–water partition coefficient (Wildman–Crippen LogP) is 3.32. The molecule has 6 heteroatoms. The van der Waals surface area contributed by atoms with Gasteiger partial charge in [-0.3, -0.25) is 0 Å². The highest BCUT2D eigenvalue weighted by atomic mass is 19.1. The monoisotopic (exact) mass is 271 g/mol. The third-order valence-electron chi connectivity index (χ3n) is 2.62. The molecular formula is C14H10FN3O2. The Bertz CT molecular complexity index is 725. The van der Waals surface area contributed by atoms with Crippen molar-refractivity contribution in [2.75, 3.05) is 5.32 Å². The number of aromatic nitrogens is 2. The first-order chi connectivity index (χ1) is 9.70.